The van der Waals surface area contributed by atoms with E-state index in [0.717, 1.165) is 10.9 Å². The number of nitrogens with one attached hydrogen (secondary N) is 1. The van der Waals surface area contributed by atoms with Crippen molar-refractivity contribution >= 4 is 22.8 Å². The average molecular weight is 331 g/mol. The van der Waals surface area contributed by atoms with E-state index in [1.54, 1.807) is 24.3 Å². The lowest BCUT2D eigenvalue weighted by Gasteiger charge is -2.07. The van der Waals surface area contributed by atoms with Crippen LogP contribution in [0, 0.1) is 5.41 Å². The standard InChI is InChI=1S/C16H13N9/c17-13-11-3-1-2-4-12(11)23-24-25(13)10-7-5-9(6-8-10)14-20-15(18)22-16(19)21-14/h1-8,17H,(H4,18,19,20,21,22). The summed E-state index contributed by atoms with van der Waals surface area (Å²) in [6.07, 6.45) is 0. The van der Waals surface area contributed by atoms with Gasteiger partial charge in [-0.1, -0.05) is 17.3 Å². The van der Waals surface area contributed by atoms with Gasteiger partial charge in [-0.05, 0) is 36.4 Å². The van der Waals surface area contributed by atoms with Crippen molar-refractivity contribution in [1.29, 1.82) is 5.41 Å². The van der Waals surface area contributed by atoms with Crippen molar-refractivity contribution in [2.45, 2.75) is 0 Å². The third-order valence-electron chi connectivity index (χ3n) is 3.65. The molecule has 0 fully saturated rings. The Kier molecular flexibility index (Phi) is 3.31. The zero-order valence-electron chi connectivity index (χ0n) is 13.0. The Bertz CT molecular complexity index is 1110. The molecule has 0 unspecified atom stereocenters. The number of hydrogen-bond donors (Lipinski definition) is 3. The van der Waals surface area contributed by atoms with Crippen molar-refractivity contribution in [1.82, 2.24) is 29.9 Å². The smallest absolute Gasteiger partial charge is 0.225 e. The lowest BCUT2D eigenvalue weighted by atomic mass is 10.2. The second kappa shape index (κ2) is 5.64. The van der Waals surface area contributed by atoms with Gasteiger partial charge in [-0.15, -0.1) is 5.10 Å². The van der Waals surface area contributed by atoms with E-state index in [1.165, 1.54) is 4.68 Å². The van der Waals surface area contributed by atoms with Crippen molar-refractivity contribution in [3.05, 3.63) is 54.0 Å². The maximum Gasteiger partial charge on any atom is 0.225 e. The van der Waals surface area contributed by atoms with Crippen LogP contribution in [-0.4, -0.2) is 29.9 Å². The van der Waals surface area contributed by atoms with Crippen molar-refractivity contribution in [3.8, 4) is 17.1 Å². The molecular weight excluding hydrogens is 318 g/mol. The first kappa shape index (κ1) is 14.7. The molecule has 0 aliphatic rings. The van der Waals surface area contributed by atoms with Crippen molar-refractivity contribution < 1.29 is 0 Å². The topological polar surface area (TPSA) is 145 Å². The Hall–Kier alpha value is -3.88. The molecule has 9 heteroatoms. The van der Waals surface area contributed by atoms with E-state index in [-0.39, 0.29) is 17.4 Å². The number of fused-ring (bicyclic) bond motifs is 1. The summed E-state index contributed by atoms with van der Waals surface area (Å²) in [7, 11) is 0. The van der Waals surface area contributed by atoms with E-state index in [0.29, 0.717) is 17.0 Å². The van der Waals surface area contributed by atoms with Crippen LogP contribution in [0.1, 0.15) is 0 Å². The Morgan fingerprint density at radius 1 is 0.840 bits per heavy atom. The maximum absolute atomic E-state index is 8.35. The van der Waals surface area contributed by atoms with Gasteiger partial charge in [-0.25, -0.2) is 0 Å². The molecule has 25 heavy (non-hydrogen) atoms. The minimum atomic E-state index is 0.0646. The molecule has 0 bridgehead atoms. The van der Waals surface area contributed by atoms with E-state index in [1.807, 2.05) is 24.3 Å². The van der Waals surface area contributed by atoms with E-state index in [2.05, 4.69) is 25.3 Å². The fraction of sp³-hybridized carbons (Fsp3) is 0. The van der Waals surface area contributed by atoms with Gasteiger partial charge >= 0.3 is 0 Å². The van der Waals surface area contributed by atoms with Crippen LogP contribution in [0.25, 0.3) is 28.0 Å². The molecule has 4 aromatic rings. The number of benzene rings is 2. The number of hydrogen-bond acceptors (Lipinski definition) is 8. The zero-order chi connectivity index (χ0) is 17.4. The first-order valence-electron chi connectivity index (χ1n) is 7.39. The molecule has 0 saturated heterocycles. The monoisotopic (exact) mass is 331 g/mol. The molecular formula is C16H13N9. The summed E-state index contributed by atoms with van der Waals surface area (Å²) in [6, 6.07) is 14.6. The molecule has 0 aliphatic heterocycles. The van der Waals surface area contributed by atoms with Gasteiger partial charge in [-0.2, -0.15) is 19.6 Å². The van der Waals surface area contributed by atoms with Crippen LogP contribution in [0.2, 0.25) is 0 Å². The first-order valence-corrected chi connectivity index (χ1v) is 7.39. The summed E-state index contributed by atoms with van der Waals surface area (Å²) >= 11 is 0. The third kappa shape index (κ3) is 2.63. The van der Waals surface area contributed by atoms with Crippen molar-refractivity contribution in [3.63, 3.8) is 0 Å². The second-order valence-electron chi connectivity index (χ2n) is 5.29. The van der Waals surface area contributed by atoms with E-state index in [9.17, 15) is 0 Å². The fourth-order valence-corrected chi connectivity index (χ4v) is 2.48. The summed E-state index contributed by atoms with van der Waals surface area (Å²) in [4.78, 5) is 11.9. The van der Waals surface area contributed by atoms with Gasteiger partial charge in [0.1, 0.15) is 0 Å². The highest BCUT2D eigenvalue weighted by Gasteiger charge is 2.08. The Morgan fingerprint density at radius 2 is 1.52 bits per heavy atom. The summed E-state index contributed by atoms with van der Waals surface area (Å²) in [6.45, 7) is 0. The molecule has 0 amide bonds. The van der Waals surface area contributed by atoms with Crippen molar-refractivity contribution in [2.24, 2.45) is 0 Å². The quantitative estimate of drug-likeness (QED) is 0.495. The summed E-state index contributed by atoms with van der Waals surface area (Å²) in [5.41, 5.74) is 13.6. The molecule has 4 rings (SSSR count). The van der Waals surface area contributed by atoms with Crippen molar-refractivity contribution in [2.75, 3.05) is 11.5 Å². The van der Waals surface area contributed by atoms with Gasteiger partial charge in [0, 0.05) is 10.9 Å². The van der Waals surface area contributed by atoms with Crippen LogP contribution in [0.5, 0.6) is 0 Å². The minimum absolute atomic E-state index is 0.0646. The first-order chi connectivity index (χ1) is 12.1. The minimum Gasteiger partial charge on any atom is -0.368 e. The molecule has 5 N–H and O–H groups in total. The predicted octanol–water partition coefficient (Wildman–Crippen LogP) is 0.916. The van der Waals surface area contributed by atoms with Gasteiger partial charge in [0.05, 0.1) is 11.2 Å². The lowest BCUT2D eigenvalue weighted by Crippen LogP contribution is -2.22. The number of nitrogen functional groups attached to an aromatic ring is 2. The van der Waals surface area contributed by atoms with E-state index >= 15 is 0 Å². The third-order valence-corrected chi connectivity index (χ3v) is 3.65. The fourth-order valence-electron chi connectivity index (χ4n) is 2.48. The highest BCUT2D eigenvalue weighted by molar-refractivity contribution is 5.76. The Labute approximate surface area is 141 Å². The van der Waals surface area contributed by atoms with Gasteiger partial charge in [-0.3, -0.25) is 5.41 Å². The molecule has 0 radical (unpaired) electrons. The molecule has 9 nitrogen and oxygen atoms in total. The van der Waals surface area contributed by atoms with E-state index in [4.69, 9.17) is 16.9 Å². The predicted molar refractivity (Wildman–Crippen MR) is 92.4 cm³/mol. The molecule has 0 atom stereocenters. The number of nitrogens with zero attached hydrogens (tertiary/aromatic N) is 6. The highest BCUT2D eigenvalue weighted by Crippen LogP contribution is 2.18. The maximum atomic E-state index is 8.35. The zero-order valence-corrected chi connectivity index (χ0v) is 13.0. The van der Waals surface area contributed by atoms with Gasteiger partial charge in [0.2, 0.25) is 11.9 Å². The Balaban J connectivity index is 1.78. The average Bonchev–Trinajstić information content (AvgIpc) is 2.62. The summed E-state index contributed by atoms with van der Waals surface area (Å²) < 4.78 is 1.46. The molecule has 122 valence electrons. The normalized spacial score (nSPS) is 10.9. The Morgan fingerprint density at radius 3 is 2.24 bits per heavy atom. The number of anilines is 2. The molecule has 2 aromatic carbocycles. The van der Waals surface area contributed by atoms with Crippen LogP contribution in [0.4, 0.5) is 11.9 Å². The number of nitrogens with two attached hydrogens (primary N) is 2. The second-order valence-corrected chi connectivity index (χ2v) is 5.29. The van der Waals surface area contributed by atoms with Gasteiger partial charge in [0.15, 0.2) is 11.3 Å². The summed E-state index contributed by atoms with van der Waals surface area (Å²) in [5, 5.41) is 17.3. The van der Waals surface area contributed by atoms with Crippen LogP contribution < -0.4 is 17.0 Å². The van der Waals surface area contributed by atoms with Crippen LogP contribution in [-0.2, 0) is 0 Å². The molecule has 0 saturated carbocycles. The van der Waals surface area contributed by atoms with Crippen LogP contribution in [0.15, 0.2) is 48.5 Å². The largest absolute Gasteiger partial charge is 0.368 e. The van der Waals surface area contributed by atoms with Gasteiger partial charge < -0.3 is 11.5 Å². The van der Waals surface area contributed by atoms with E-state index < -0.39 is 0 Å². The van der Waals surface area contributed by atoms with Crippen LogP contribution >= 0.6 is 0 Å². The van der Waals surface area contributed by atoms with Gasteiger partial charge in [0.25, 0.3) is 0 Å². The SMILES string of the molecule is N=c1c2ccccc2nnn1-c1ccc(-c2nc(N)nc(N)n2)cc1. The highest BCUT2D eigenvalue weighted by atomic mass is 15.4. The number of rotatable bonds is 2. The molecule has 0 aliphatic carbocycles. The lowest BCUT2D eigenvalue weighted by molar-refractivity contribution is 0.716. The molecule has 2 heterocycles. The number of aromatic nitrogens is 6. The van der Waals surface area contributed by atoms with Crippen LogP contribution in [0.3, 0.4) is 0 Å². The molecule has 2 aromatic heterocycles. The summed E-state index contributed by atoms with van der Waals surface area (Å²) in [5.74, 6) is 0.516. The molecule has 0 spiro atoms.